The minimum Gasteiger partial charge on any atom is -0.491 e. The summed E-state index contributed by atoms with van der Waals surface area (Å²) in [7, 11) is 1.68. The average molecular weight is 237 g/mol. The lowest BCUT2D eigenvalue weighted by molar-refractivity contribution is 0.146. The van der Waals surface area contributed by atoms with Gasteiger partial charge in [-0.15, -0.1) is 0 Å². The molecule has 0 aliphatic heterocycles. The van der Waals surface area contributed by atoms with E-state index in [1.54, 1.807) is 7.11 Å². The molecule has 0 radical (unpaired) electrons. The second-order valence-electron chi connectivity index (χ2n) is 3.93. The Morgan fingerprint density at radius 3 is 2.35 bits per heavy atom. The molecule has 96 valence electrons. The van der Waals surface area contributed by atoms with Crippen molar-refractivity contribution in [2.75, 3.05) is 26.9 Å². The summed E-state index contributed by atoms with van der Waals surface area (Å²) in [6.07, 6.45) is 1.09. The molecule has 1 unspecified atom stereocenters. The van der Waals surface area contributed by atoms with Crippen molar-refractivity contribution in [2.24, 2.45) is 0 Å². The molecule has 0 aliphatic rings. The second kappa shape index (κ2) is 8.09. The van der Waals surface area contributed by atoms with E-state index in [-0.39, 0.29) is 0 Å². The van der Waals surface area contributed by atoms with Crippen LogP contribution in [0.4, 0.5) is 0 Å². The first kappa shape index (κ1) is 14.0. The molecule has 1 atom stereocenters. The number of rotatable bonds is 8. The van der Waals surface area contributed by atoms with Gasteiger partial charge >= 0.3 is 0 Å². The molecule has 3 heteroatoms. The third-order valence-corrected chi connectivity index (χ3v) is 2.70. The molecule has 0 saturated carbocycles. The standard InChI is InChI=1S/C14H23NO2/c1-4-14(15-5-2)12-6-8-13(9-7-12)17-11-10-16-3/h6-9,14-15H,4-5,10-11H2,1-3H3. The summed E-state index contributed by atoms with van der Waals surface area (Å²) in [5.74, 6) is 0.900. The van der Waals surface area contributed by atoms with Gasteiger partial charge in [0.25, 0.3) is 0 Å². The van der Waals surface area contributed by atoms with Gasteiger partial charge in [0.2, 0.25) is 0 Å². The maximum Gasteiger partial charge on any atom is 0.119 e. The van der Waals surface area contributed by atoms with Crippen LogP contribution in [0.25, 0.3) is 0 Å². The van der Waals surface area contributed by atoms with E-state index >= 15 is 0 Å². The van der Waals surface area contributed by atoms with Crippen LogP contribution in [-0.2, 0) is 4.74 Å². The smallest absolute Gasteiger partial charge is 0.119 e. The largest absolute Gasteiger partial charge is 0.491 e. The van der Waals surface area contributed by atoms with Crippen LogP contribution in [0.5, 0.6) is 5.75 Å². The monoisotopic (exact) mass is 237 g/mol. The Hall–Kier alpha value is -1.06. The van der Waals surface area contributed by atoms with Gasteiger partial charge in [0.05, 0.1) is 6.61 Å². The molecule has 1 aromatic rings. The van der Waals surface area contributed by atoms with E-state index in [9.17, 15) is 0 Å². The van der Waals surface area contributed by atoms with E-state index in [4.69, 9.17) is 9.47 Å². The normalized spacial score (nSPS) is 12.4. The molecule has 1 aromatic carbocycles. The summed E-state index contributed by atoms with van der Waals surface area (Å²) < 4.78 is 10.5. The van der Waals surface area contributed by atoms with E-state index in [2.05, 4.69) is 31.3 Å². The Balaban J connectivity index is 2.53. The van der Waals surface area contributed by atoms with Gasteiger partial charge in [-0.3, -0.25) is 0 Å². The van der Waals surface area contributed by atoms with E-state index in [1.807, 2.05) is 12.1 Å². The van der Waals surface area contributed by atoms with E-state index in [0.29, 0.717) is 19.3 Å². The van der Waals surface area contributed by atoms with Crippen molar-refractivity contribution >= 4 is 0 Å². The molecule has 1 N–H and O–H groups in total. The lowest BCUT2D eigenvalue weighted by atomic mass is 10.0. The molecule has 1 rings (SSSR count). The summed E-state index contributed by atoms with van der Waals surface area (Å²) in [6, 6.07) is 8.72. The third kappa shape index (κ3) is 4.75. The SMILES string of the molecule is CCNC(CC)c1ccc(OCCOC)cc1. The predicted molar refractivity (Wildman–Crippen MR) is 70.5 cm³/mol. The molecule has 0 bridgehead atoms. The summed E-state index contributed by atoms with van der Waals surface area (Å²) in [6.45, 7) is 6.53. The van der Waals surface area contributed by atoms with Crippen LogP contribution in [0.3, 0.4) is 0 Å². The fraction of sp³-hybridized carbons (Fsp3) is 0.571. The molecule has 0 aromatic heterocycles. The lowest BCUT2D eigenvalue weighted by Gasteiger charge is -2.16. The zero-order valence-corrected chi connectivity index (χ0v) is 11.0. The maximum absolute atomic E-state index is 5.53. The van der Waals surface area contributed by atoms with Crippen molar-refractivity contribution in [1.29, 1.82) is 0 Å². The molecular formula is C14H23NO2. The third-order valence-electron chi connectivity index (χ3n) is 2.70. The molecule has 0 fully saturated rings. The Labute approximate surface area is 104 Å². The average Bonchev–Trinajstić information content (AvgIpc) is 2.37. The van der Waals surface area contributed by atoms with Crippen LogP contribution in [0, 0.1) is 0 Å². The Bertz CT molecular complexity index is 298. The quantitative estimate of drug-likeness (QED) is 0.705. The summed E-state index contributed by atoms with van der Waals surface area (Å²) in [5, 5.41) is 3.46. The van der Waals surface area contributed by atoms with Crippen LogP contribution in [0.2, 0.25) is 0 Å². The van der Waals surface area contributed by atoms with Crippen molar-refractivity contribution in [3.8, 4) is 5.75 Å². The summed E-state index contributed by atoms with van der Waals surface area (Å²) in [4.78, 5) is 0. The van der Waals surface area contributed by atoms with Crippen LogP contribution < -0.4 is 10.1 Å². The first-order valence-electron chi connectivity index (χ1n) is 6.26. The predicted octanol–water partition coefficient (Wildman–Crippen LogP) is 2.77. The number of nitrogens with one attached hydrogen (secondary N) is 1. The highest BCUT2D eigenvalue weighted by molar-refractivity contribution is 5.29. The highest BCUT2D eigenvalue weighted by Crippen LogP contribution is 2.20. The topological polar surface area (TPSA) is 30.5 Å². The summed E-state index contributed by atoms with van der Waals surface area (Å²) >= 11 is 0. The lowest BCUT2D eigenvalue weighted by Crippen LogP contribution is -2.19. The number of methoxy groups -OCH3 is 1. The van der Waals surface area contributed by atoms with Crippen molar-refractivity contribution in [3.63, 3.8) is 0 Å². The van der Waals surface area contributed by atoms with E-state index < -0.39 is 0 Å². The van der Waals surface area contributed by atoms with Crippen molar-refractivity contribution in [1.82, 2.24) is 5.32 Å². The Morgan fingerprint density at radius 1 is 1.12 bits per heavy atom. The van der Waals surface area contributed by atoms with Gasteiger partial charge in [-0.2, -0.15) is 0 Å². The van der Waals surface area contributed by atoms with Crippen molar-refractivity contribution in [2.45, 2.75) is 26.3 Å². The molecule has 0 spiro atoms. The summed E-state index contributed by atoms with van der Waals surface area (Å²) in [5.41, 5.74) is 1.31. The molecule has 3 nitrogen and oxygen atoms in total. The zero-order chi connectivity index (χ0) is 12.5. The highest BCUT2D eigenvalue weighted by atomic mass is 16.5. The number of benzene rings is 1. The van der Waals surface area contributed by atoms with Gasteiger partial charge in [-0.05, 0) is 30.7 Å². The molecular weight excluding hydrogens is 214 g/mol. The van der Waals surface area contributed by atoms with Gasteiger partial charge in [-0.1, -0.05) is 26.0 Å². The molecule has 17 heavy (non-hydrogen) atoms. The van der Waals surface area contributed by atoms with E-state index in [1.165, 1.54) is 5.56 Å². The van der Waals surface area contributed by atoms with Crippen LogP contribution >= 0.6 is 0 Å². The van der Waals surface area contributed by atoms with Crippen molar-refractivity contribution in [3.05, 3.63) is 29.8 Å². The maximum atomic E-state index is 5.53. The molecule has 0 saturated heterocycles. The number of ether oxygens (including phenoxy) is 2. The number of hydrogen-bond acceptors (Lipinski definition) is 3. The Kier molecular flexibility index (Phi) is 6.67. The van der Waals surface area contributed by atoms with Crippen molar-refractivity contribution < 1.29 is 9.47 Å². The van der Waals surface area contributed by atoms with Gasteiger partial charge in [0, 0.05) is 13.2 Å². The minimum absolute atomic E-state index is 0.438. The van der Waals surface area contributed by atoms with Crippen LogP contribution in [0.1, 0.15) is 31.9 Å². The van der Waals surface area contributed by atoms with Crippen LogP contribution in [-0.4, -0.2) is 26.9 Å². The molecule has 0 amide bonds. The van der Waals surface area contributed by atoms with Gasteiger partial charge < -0.3 is 14.8 Å². The highest BCUT2D eigenvalue weighted by Gasteiger charge is 2.07. The first-order chi connectivity index (χ1) is 8.31. The molecule has 0 aliphatic carbocycles. The Morgan fingerprint density at radius 2 is 1.82 bits per heavy atom. The van der Waals surface area contributed by atoms with Crippen LogP contribution in [0.15, 0.2) is 24.3 Å². The fourth-order valence-electron chi connectivity index (χ4n) is 1.78. The van der Waals surface area contributed by atoms with E-state index in [0.717, 1.165) is 18.7 Å². The fourth-order valence-corrected chi connectivity index (χ4v) is 1.78. The first-order valence-corrected chi connectivity index (χ1v) is 6.26. The minimum atomic E-state index is 0.438. The second-order valence-corrected chi connectivity index (χ2v) is 3.93. The number of hydrogen-bond donors (Lipinski definition) is 1. The zero-order valence-electron chi connectivity index (χ0n) is 11.0. The molecule has 0 heterocycles. The van der Waals surface area contributed by atoms with Gasteiger partial charge in [-0.25, -0.2) is 0 Å². The van der Waals surface area contributed by atoms with Gasteiger partial charge in [0.1, 0.15) is 12.4 Å². The van der Waals surface area contributed by atoms with Gasteiger partial charge in [0.15, 0.2) is 0 Å².